The molecule has 8 nitrogen and oxygen atoms in total. The van der Waals surface area contributed by atoms with Crippen molar-refractivity contribution in [1.82, 2.24) is 14.8 Å². The highest BCUT2D eigenvalue weighted by molar-refractivity contribution is 7.89. The second-order valence-corrected chi connectivity index (χ2v) is 8.66. The number of morpholine rings is 1. The fraction of sp³-hybridized carbons (Fsp3) is 0.412. The van der Waals surface area contributed by atoms with E-state index < -0.39 is 21.4 Å². The van der Waals surface area contributed by atoms with Crippen molar-refractivity contribution < 1.29 is 17.5 Å². The lowest BCUT2D eigenvalue weighted by Gasteiger charge is -2.42. The Kier molecular flexibility index (Phi) is 5.31. The molecule has 1 atom stereocenters. The minimum atomic E-state index is -3.80. The molecule has 0 bridgehead atoms. The molecule has 1 fully saturated rings. The topological polar surface area (TPSA) is 96.5 Å². The van der Waals surface area contributed by atoms with E-state index in [2.05, 4.69) is 20.2 Å². The SMILES string of the molecule is C[C@H]1CN(c2nc(NNS(=O)(=O)c3ccccc3)ncc2F)CC(C)(C)O1. The van der Waals surface area contributed by atoms with Crippen LogP contribution in [0.2, 0.25) is 0 Å². The molecule has 1 aliphatic rings. The lowest BCUT2D eigenvalue weighted by Crippen LogP contribution is -2.52. The average molecular weight is 395 g/mol. The van der Waals surface area contributed by atoms with Crippen molar-refractivity contribution in [1.29, 1.82) is 0 Å². The third-order valence-electron chi connectivity index (χ3n) is 3.95. The summed E-state index contributed by atoms with van der Waals surface area (Å²) in [5.41, 5.74) is 1.98. The highest BCUT2D eigenvalue weighted by Gasteiger charge is 2.33. The number of benzene rings is 1. The first kappa shape index (κ1) is 19.5. The largest absolute Gasteiger partial charge is 0.369 e. The van der Waals surface area contributed by atoms with Gasteiger partial charge in [0, 0.05) is 13.1 Å². The van der Waals surface area contributed by atoms with E-state index in [1.54, 1.807) is 23.1 Å². The van der Waals surface area contributed by atoms with Gasteiger partial charge >= 0.3 is 0 Å². The third kappa shape index (κ3) is 4.71. The Morgan fingerprint density at radius 3 is 2.67 bits per heavy atom. The van der Waals surface area contributed by atoms with Gasteiger partial charge in [-0.25, -0.2) is 17.8 Å². The number of halogens is 1. The Bertz CT molecular complexity index is 908. The maximum absolute atomic E-state index is 14.3. The molecule has 1 aromatic carbocycles. The summed E-state index contributed by atoms with van der Waals surface area (Å²) in [6, 6.07) is 7.85. The van der Waals surface area contributed by atoms with Crippen LogP contribution < -0.4 is 15.2 Å². The highest BCUT2D eigenvalue weighted by atomic mass is 32.2. The van der Waals surface area contributed by atoms with E-state index in [1.807, 2.05) is 20.8 Å². The number of ether oxygens (including phenoxy) is 1. The zero-order valence-corrected chi connectivity index (χ0v) is 16.1. The van der Waals surface area contributed by atoms with E-state index in [-0.39, 0.29) is 22.8 Å². The Morgan fingerprint density at radius 1 is 1.30 bits per heavy atom. The zero-order chi connectivity index (χ0) is 19.7. The molecular weight excluding hydrogens is 373 g/mol. The quantitative estimate of drug-likeness (QED) is 0.747. The van der Waals surface area contributed by atoms with Crippen molar-refractivity contribution >= 4 is 21.8 Å². The van der Waals surface area contributed by atoms with Crippen LogP contribution in [0.25, 0.3) is 0 Å². The number of sulfonamides is 1. The summed E-state index contributed by atoms with van der Waals surface area (Å²) in [4.78, 5) is 12.0. The summed E-state index contributed by atoms with van der Waals surface area (Å²) in [5, 5.41) is 0. The Hall–Kier alpha value is -2.30. The first-order chi connectivity index (χ1) is 12.7. The molecule has 0 radical (unpaired) electrons. The molecule has 3 rings (SSSR count). The van der Waals surface area contributed by atoms with Gasteiger partial charge in [0.2, 0.25) is 5.95 Å². The molecule has 0 amide bonds. The number of nitrogens with one attached hydrogen (secondary N) is 2. The molecule has 146 valence electrons. The number of anilines is 2. The van der Waals surface area contributed by atoms with Crippen LogP contribution in [0.3, 0.4) is 0 Å². The summed E-state index contributed by atoms with van der Waals surface area (Å²) in [6.45, 7) is 6.65. The van der Waals surface area contributed by atoms with E-state index in [4.69, 9.17) is 4.74 Å². The van der Waals surface area contributed by atoms with Crippen LogP contribution in [-0.4, -0.2) is 43.2 Å². The monoisotopic (exact) mass is 395 g/mol. The van der Waals surface area contributed by atoms with Gasteiger partial charge in [-0.15, -0.1) is 4.83 Å². The molecule has 0 saturated carbocycles. The van der Waals surface area contributed by atoms with Crippen LogP contribution in [0.1, 0.15) is 20.8 Å². The van der Waals surface area contributed by atoms with Gasteiger partial charge in [0.05, 0.1) is 22.8 Å². The maximum Gasteiger partial charge on any atom is 0.257 e. The highest BCUT2D eigenvalue weighted by Crippen LogP contribution is 2.26. The van der Waals surface area contributed by atoms with Gasteiger partial charge in [0.15, 0.2) is 11.6 Å². The van der Waals surface area contributed by atoms with Crippen LogP contribution in [0.5, 0.6) is 0 Å². The van der Waals surface area contributed by atoms with E-state index in [0.717, 1.165) is 6.20 Å². The molecule has 1 saturated heterocycles. The van der Waals surface area contributed by atoms with E-state index in [9.17, 15) is 12.8 Å². The molecule has 1 aliphatic heterocycles. The smallest absolute Gasteiger partial charge is 0.257 e. The lowest BCUT2D eigenvalue weighted by molar-refractivity contribution is -0.0753. The van der Waals surface area contributed by atoms with Crippen molar-refractivity contribution in [3.63, 3.8) is 0 Å². The summed E-state index contributed by atoms with van der Waals surface area (Å²) in [6.07, 6.45) is 0.908. The predicted octanol–water partition coefficient (Wildman–Crippen LogP) is 1.92. The van der Waals surface area contributed by atoms with Crippen LogP contribution in [0, 0.1) is 5.82 Å². The molecule has 0 aliphatic carbocycles. The normalized spacial score (nSPS) is 19.7. The molecule has 2 aromatic rings. The van der Waals surface area contributed by atoms with E-state index in [1.165, 1.54) is 12.1 Å². The minimum Gasteiger partial charge on any atom is -0.369 e. The standard InChI is InChI=1S/C17H22FN5O3S/c1-12-10-23(11-17(2,3)26-12)15-14(18)9-19-16(20-15)21-22-27(24,25)13-7-5-4-6-8-13/h4-9,12,22H,10-11H2,1-3H3,(H,19,20,21)/t12-/m0/s1. The Morgan fingerprint density at radius 2 is 2.00 bits per heavy atom. The van der Waals surface area contributed by atoms with Gasteiger partial charge in [0.1, 0.15) is 0 Å². The third-order valence-corrected chi connectivity index (χ3v) is 5.21. The summed E-state index contributed by atoms with van der Waals surface area (Å²) >= 11 is 0. The number of nitrogens with zero attached hydrogens (tertiary/aromatic N) is 3. The average Bonchev–Trinajstić information content (AvgIpc) is 2.60. The van der Waals surface area contributed by atoms with Gasteiger partial charge < -0.3 is 9.64 Å². The molecule has 0 unspecified atom stereocenters. The minimum absolute atomic E-state index is 0.0529. The van der Waals surface area contributed by atoms with Crippen molar-refractivity contribution in [2.45, 2.75) is 37.4 Å². The molecule has 2 N–H and O–H groups in total. The summed E-state index contributed by atoms with van der Waals surface area (Å²) < 4.78 is 44.6. The van der Waals surface area contributed by atoms with Gasteiger partial charge in [-0.1, -0.05) is 18.2 Å². The fourth-order valence-corrected chi connectivity index (χ4v) is 3.89. The molecule has 27 heavy (non-hydrogen) atoms. The van der Waals surface area contributed by atoms with Crippen LogP contribution in [-0.2, 0) is 14.8 Å². The number of aromatic nitrogens is 2. The lowest BCUT2D eigenvalue weighted by atomic mass is 10.1. The Labute approximate surface area is 157 Å². The molecule has 2 heterocycles. The molecular formula is C17H22FN5O3S. The summed E-state index contributed by atoms with van der Waals surface area (Å²) in [5.74, 6) is -0.547. The molecule has 0 spiro atoms. The van der Waals surface area contributed by atoms with E-state index in [0.29, 0.717) is 13.1 Å². The van der Waals surface area contributed by atoms with Crippen molar-refractivity contribution in [2.75, 3.05) is 23.4 Å². The predicted molar refractivity (Wildman–Crippen MR) is 99.2 cm³/mol. The van der Waals surface area contributed by atoms with Crippen molar-refractivity contribution in [3.05, 3.63) is 42.3 Å². The van der Waals surface area contributed by atoms with Crippen LogP contribution in [0.15, 0.2) is 41.4 Å². The van der Waals surface area contributed by atoms with Gasteiger partial charge in [0.25, 0.3) is 10.0 Å². The first-order valence-electron chi connectivity index (χ1n) is 8.44. The number of hydrazine groups is 1. The van der Waals surface area contributed by atoms with Crippen LogP contribution in [0.4, 0.5) is 16.2 Å². The van der Waals surface area contributed by atoms with Gasteiger partial charge in [-0.2, -0.15) is 4.98 Å². The van der Waals surface area contributed by atoms with Gasteiger partial charge in [-0.3, -0.25) is 5.43 Å². The number of rotatable bonds is 5. The maximum atomic E-state index is 14.3. The van der Waals surface area contributed by atoms with Crippen molar-refractivity contribution in [3.8, 4) is 0 Å². The second-order valence-electron chi connectivity index (χ2n) is 6.98. The second kappa shape index (κ2) is 7.37. The fourth-order valence-electron chi connectivity index (χ4n) is 3.03. The van der Waals surface area contributed by atoms with Crippen LogP contribution >= 0.6 is 0 Å². The Balaban J connectivity index is 1.78. The number of hydrogen-bond donors (Lipinski definition) is 2. The van der Waals surface area contributed by atoms with Gasteiger partial charge in [-0.05, 0) is 32.9 Å². The molecule has 1 aromatic heterocycles. The first-order valence-corrected chi connectivity index (χ1v) is 9.93. The number of hydrogen-bond acceptors (Lipinski definition) is 7. The van der Waals surface area contributed by atoms with E-state index >= 15 is 0 Å². The van der Waals surface area contributed by atoms with Crippen molar-refractivity contribution in [2.24, 2.45) is 0 Å². The molecule has 10 heteroatoms. The summed E-state index contributed by atoms with van der Waals surface area (Å²) in [7, 11) is -3.80. The zero-order valence-electron chi connectivity index (χ0n) is 15.3.